The molecule has 9 rings (SSSR count). The number of nitrogens with two attached hydrogens (primary N) is 3. The molecule has 2 fully saturated rings. The first-order chi connectivity index (χ1) is 25.7. The van der Waals surface area contributed by atoms with Crippen LogP contribution in [0.4, 0.5) is 34.6 Å². The van der Waals surface area contributed by atoms with E-state index in [1.165, 1.54) is 0 Å². The molecule has 0 amide bonds. The van der Waals surface area contributed by atoms with Crippen molar-refractivity contribution in [2.24, 2.45) is 0 Å². The van der Waals surface area contributed by atoms with E-state index in [0.29, 0.717) is 44.1 Å². The second-order valence-corrected chi connectivity index (χ2v) is 13.8. The first-order valence-electron chi connectivity index (χ1n) is 17.0. The molecule has 7 aromatic rings. The van der Waals surface area contributed by atoms with Crippen molar-refractivity contribution in [3.8, 4) is 28.0 Å². The van der Waals surface area contributed by atoms with Crippen molar-refractivity contribution in [3.63, 3.8) is 0 Å². The molecule has 2 aliphatic carbocycles. The molecule has 2 aliphatic rings. The smallest absolute Gasteiger partial charge is 0.417 e. The number of benzene rings is 4. The van der Waals surface area contributed by atoms with Crippen molar-refractivity contribution in [2.45, 2.75) is 51.6 Å². The number of nitrogen functional groups attached to an aromatic ring is 3. The van der Waals surface area contributed by atoms with Gasteiger partial charge in [-0.25, -0.2) is 22.4 Å². The van der Waals surface area contributed by atoms with E-state index in [4.69, 9.17) is 21.6 Å². The standard InChI is InChI=1S/C20H15F2N3O3.C19H17F2N3O2/c1-8-10(12-6-14(22)15(23)7-13(12)21)4-5-11-17(8)25(9-2-3-9)19(26)16-18(11)28-20(27)24-16;1-8-10(12-6-14(21)15(22)7-13(12)20)4-5-11-17(8)24(9-2-3-9)19(26)16(23)18(11)25/h4-7,9H,2-3,23H2,1H3,(H,24,27);4-7,9,25H,2-3,22-23H2,1H3. The lowest BCUT2D eigenvalue weighted by atomic mass is 9.96. The molecule has 0 radical (unpaired) electrons. The molecule has 0 spiro atoms. The van der Waals surface area contributed by atoms with Crippen molar-refractivity contribution in [1.82, 2.24) is 14.1 Å². The Bertz CT molecular complexity index is 2940. The van der Waals surface area contributed by atoms with Gasteiger partial charge in [-0.05, 0) is 86.1 Å². The number of nitrogens with one attached hydrogen (secondary N) is 1. The number of fused-ring (bicyclic) bond motifs is 4. The summed E-state index contributed by atoms with van der Waals surface area (Å²) >= 11 is 0. The van der Waals surface area contributed by atoms with Gasteiger partial charge in [-0.1, -0.05) is 12.1 Å². The molecule has 276 valence electrons. The highest BCUT2D eigenvalue weighted by atomic mass is 19.1. The average Bonchev–Trinajstić information content (AvgIpc) is 4.07. The van der Waals surface area contributed by atoms with Crippen molar-refractivity contribution in [1.29, 1.82) is 0 Å². The van der Waals surface area contributed by atoms with Crippen LogP contribution in [0.5, 0.6) is 5.75 Å². The van der Waals surface area contributed by atoms with Gasteiger partial charge in [0.05, 0.1) is 22.4 Å². The van der Waals surface area contributed by atoms with Crippen LogP contribution in [-0.4, -0.2) is 19.2 Å². The molecular formula is C39H32F4N6O5. The van der Waals surface area contributed by atoms with Crippen LogP contribution in [0, 0.1) is 37.1 Å². The fourth-order valence-electron chi connectivity index (χ4n) is 7.25. The summed E-state index contributed by atoms with van der Waals surface area (Å²) in [4.78, 5) is 39.7. The maximum atomic E-state index is 14.5. The van der Waals surface area contributed by atoms with E-state index < -0.39 is 34.6 Å². The predicted octanol–water partition coefficient (Wildman–Crippen LogP) is 7.07. The molecule has 2 saturated carbocycles. The highest BCUT2D eigenvalue weighted by Crippen LogP contribution is 2.43. The second kappa shape index (κ2) is 12.3. The number of aromatic nitrogens is 3. The summed E-state index contributed by atoms with van der Waals surface area (Å²) in [7, 11) is 0. The summed E-state index contributed by atoms with van der Waals surface area (Å²) in [5.74, 6) is -3.76. The zero-order valence-corrected chi connectivity index (χ0v) is 28.8. The lowest BCUT2D eigenvalue weighted by molar-refractivity contribution is 0.481. The monoisotopic (exact) mass is 740 g/mol. The van der Waals surface area contributed by atoms with E-state index in [1.54, 1.807) is 47.2 Å². The third-order valence-corrected chi connectivity index (χ3v) is 10.2. The minimum atomic E-state index is -0.722. The molecule has 0 saturated heterocycles. The SMILES string of the molecule is Cc1c(-c2cc(F)c(N)cc2F)ccc2c(O)c(N)c(=O)n(C3CC3)c12.Cc1c(-c2cc(F)c(N)cc2F)ccc2c3oc(=O)[nH]c3c(=O)n(C3CC3)c12. The molecule has 0 unspecified atom stereocenters. The highest BCUT2D eigenvalue weighted by Gasteiger charge is 2.31. The Hall–Kier alpha value is -6.51. The minimum Gasteiger partial charge on any atom is -0.505 e. The second-order valence-electron chi connectivity index (χ2n) is 13.8. The summed E-state index contributed by atoms with van der Waals surface area (Å²) in [5, 5.41) is 11.3. The summed E-state index contributed by atoms with van der Waals surface area (Å²) in [6.07, 6.45) is 3.32. The van der Waals surface area contributed by atoms with Crippen LogP contribution < -0.4 is 34.1 Å². The quantitative estimate of drug-likeness (QED) is 0.0936. The first-order valence-corrected chi connectivity index (χ1v) is 17.0. The van der Waals surface area contributed by atoms with Crippen molar-refractivity contribution >= 4 is 50.0 Å². The lowest BCUT2D eigenvalue weighted by Crippen LogP contribution is -2.23. The number of hydrogen-bond acceptors (Lipinski definition) is 8. The third kappa shape index (κ3) is 5.37. The maximum absolute atomic E-state index is 14.5. The number of halogens is 4. The maximum Gasteiger partial charge on any atom is 0.417 e. The molecule has 3 heterocycles. The van der Waals surface area contributed by atoms with E-state index in [2.05, 4.69) is 4.98 Å². The van der Waals surface area contributed by atoms with Gasteiger partial charge in [-0.2, -0.15) is 0 Å². The number of H-pyrrole nitrogens is 1. The zero-order chi connectivity index (χ0) is 38.5. The topological polar surface area (TPSA) is 188 Å². The van der Waals surface area contributed by atoms with Gasteiger partial charge in [-0.15, -0.1) is 0 Å². The van der Waals surface area contributed by atoms with E-state index in [9.17, 15) is 37.1 Å². The molecule has 54 heavy (non-hydrogen) atoms. The molecule has 0 bridgehead atoms. The van der Waals surface area contributed by atoms with E-state index in [0.717, 1.165) is 49.9 Å². The number of oxazole rings is 1. The van der Waals surface area contributed by atoms with Crippen LogP contribution in [-0.2, 0) is 0 Å². The number of aromatic amines is 1. The van der Waals surface area contributed by atoms with Gasteiger partial charge in [0.2, 0.25) is 0 Å². The predicted molar refractivity (Wildman–Crippen MR) is 198 cm³/mol. The number of nitrogens with zero attached hydrogens (tertiary/aromatic N) is 2. The van der Waals surface area contributed by atoms with Gasteiger partial charge in [0.1, 0.15) is 29.0 Å². The third-order valence-electron chi connectivity index (χ3n) is 10.2. The number of aryl methyl sites for hydroxylation is 2. The normalized spacial score (nSPS) is 14.2. The highest BCUT2D eigenvalue weighted by molar-refractivity contribution is 6.04. The van der Waals surface area contributed by atoms with Crippen molar-refractivity contribution in [3.05, 3.63) is 114 Å². The van der Waals surface area contributed by atoms with Crippen LogP contribution in [0.1, 0.15) is 48.9 Å². The summed E-state index contributed by atoms with van der Waals surface area (Å²) in [6, 6.07) is 10.4. The van der Waals surface area contributed by atoms with Gasteiger partial charge in [0.25, 0.3) is 11.1 Å². The van der Waals surface area contributed by atoms with Gasteiger partial charge >= 0.3 is 5.76 Å². The molecule has 0 atom stereocenters. The van der Waals surface area contributed by atoms with Gasteiger partial charge in [0, 0.05) is 46.1 Å². The number of aromatic hydroxyl groups is 1. The van der Waals surface area contributed by atoms with Crippen LogP contribution in [0.25, 0.3) is 55.2 Å². The Kier molecular flexibility index (Phi) is 7.86. The number of rotatable bonds is 4. The Morgan fingerprint density at radius 1 is 0.667 bits per heavy atom. The number of hydrogen-bond donors (Lipinski definition) is 5. The van der Waals surface area contributed by atoms with Crippen LogP contribution >= 0.6 is 0 Å². The van der Waals surface area contributed by atoms with Crippen LogP contribution in [0.2, 0.25) is 0 Å². The molecule has 0 aliphatic heterocycles. The van der Waals surface area contributed by atoms with Gasteiger partial charge < -0.3 is 35.9 Å². The molecular weight excluding hydrogens is 708 g/mol. The van der Waals surface area contributed by atoms with Gasteiger partial charge in [-0.3, -0.25) is 14.6 Å². The largest absolute Gasteiger partial charge is 0.505 e. The Morgan fingerprint density at radius 3 is 1.63 bits per heavy atom. The van der Waals surface area contributed by atoms with Crippen molar-refractivity contribution < 1.29 is 27.1 Å². The fraction of sp³-hybridized carbons (Fsp3) is 0.205. The Labute approximate surface area is 301 Å². The van der Waals surface area contributed by atoms with Crippen molar-refractivity contribution in [2.75, 3.05) is 17.2 Å². The summed E-state index contributed by atoms with van der Waals surface area (Å²) < 4.78 is 65.2. The fourth-order valence-corrected chi connectivity index (χ4v) is 7.25. The zero-order valence-electron chi connectivity index (χ0n) is 28.8. The van der Waals surface area contributed by atoms with Gasteiger partial charge in [0.15, 0.2) is 16.8 Å². The van der Waals surface area contributed by atoms with E-state index in [1.807, 2.05) is 0 Å². The minimum absolute atomic E-state index is 0.000229. The molecule has 15 heteroatoms. The number of pyridine rings is 2. The molecule has 11 nitrogen and oxygen atoms in total. The van der Waals surface area contributed by atoms with E-state index in [-0.39, 0.29) is 62.7 Å². The van der Waals surface area contributed by atoms with Crippen LogP contribution in [0.15, 0.2) is 67.3 Å². The molecule has 8 N–H and O–H groups in total. The van der Waals surface area contributed by atoms with Crippen LogP contribution in [0.3, 0.4) is 0 Å². The molecule has 4 aromatic carbocycles. The van der Waals surface area contributed by atoms with E-state index >= 15 is 0 Å². The summed E-state index contributed by atoms with van der Waals surface area (Å²) in [6.45, 7) is 3.44. The number of anilines is 3. The lowest BCUT2D eigenvalue weighted by Gasteiger charge is -2.18. The first kappa shape index (κ1) is 34.6. The summed E-state index contributed by atoms with van der Waals surface area (Å²) in [5.41, 5.74) is 18.5. The Morgan fingerprint density at radius 2 is 1.13 bits per heavy atom. The Balaban J connectivity index is 0.000000154. The average molecular weight is 741 g/mol. The molecule has 3 aromatic heterocycles.